The molecule has 0 amide bonds. The molecular formula is C14H19N5O. The SMILES string of the molecule is COc1c(NN)ncnc1NCCc1cccc(C)c1. The largest absolute Gasteiger partial charge is 0.490 e. The molecule has 2 rings (SSSR count). The van der Waals surface area contributed by atoms with E-state index >= 15 is 0 Å². The number of ether oxygens (including phenoxy) is 1. The van der Waals surface area contributed by atoms with Crippen LogP contribution in [0.25, 0.3) is 0 Å². The van der Waals surface area contributed by atoms with Gasteiger partial charge in [0.2, 0.25) is 5.75 Å². The maximum atomic E-state index is 5.38. The first-order valence-corrected chi connectivity index (χ1v) is 6.39. The molecule has 0 atom stereocenters. The van der Waals surface area contributed by atoms with Gasteiger partial charge in [-0.05, 0) is 18.9 Å². The third kappa shape index (κ3) is 3.36. The summed E-state index contributed by atoms with van der Waals surface area (Å²) in [4.78, 5) is 8.16. The average Bonchev–Trinajstić information content (AvgIpc) is 2.47. The number of rotatable bonds is 6. The Morgan fingerprint density at radius 1 is 1.25 bits per heavy atom. The summed E-state index contributed by atoms with van der Waals surface area (Å²) in [6, 6.07) is 8.43. The van der Waals surface area contributed by atoms with Crippen LogP contribution in [0.4, 0.5) is 11.6 Å². The molecule has 6 nitrogen and oxygen atoms in total. The topological polar surface area (TPSA) is 85.1 Å². The molecule has 0 unspecified atom stereocenters. The summed E-state index contributed by atoms with van der Waals surface area (Å²) < 4.78 is 5.26. The first-order chi connectivity index (χ1) is 9.74. The van der Waals surface area contributed by atoms with E-state index in [1.165, 1.54) is 17.5 Å². The van der Waals surface area contributed by atoms with Crippen LogP contribution in [0.3, 0.4) is 0 Å². The highest BCUT2D eigenvalue weighted by atomic mass is 16.5. The number of nitrogens with two attached hydrogens (primary N) is 1. The Labute approximate surface area is 118 Å². The molecule has 1 aromatic heterocycles. The van der Waals surface area contributed by atoms with Gasteiger partial charge < -0.3 is 15.5 Å². The third-order valence-corrected chi connectivity index (χ3v) is 2.93. The minimum atomic E-state index is 0.459. The Hall–Kier alpha value is -2.34. The minimum Gasteiger partial charge on any atom is -0.490 e. The van der Waals surface area contributed by atoms with Crippen LogP contribution < -0.4 is 21.3 Å². The number of hydrogen-bond acceptors (Lipinski definition) is 6. The summed E-state index contributed by atoms with van der Waals surface area (Å²) >= 11 is 0. The van der Waals surface area contributed by atoms with Gasteiger partial charge >= 0.3 is 0 Å². The molecule has 0 saturated heterocycles. The summed E-state index contributed by atoms with van der Waals surface area (Å²) in [7, 11) is 1.56. The highest BCUT2D eigenvalue weighted by Gasteiger charge is 2.10. The van der Waals surface area contributed by atoms with E-state index in [1.54, 1.807) is 7.11 Å². The fourth-order valence-corrected chi connectivity index (χ4v) is 1.99. The summed E-state index contributed by atoms with van der Waals surface area (Å²) in [6.45, 7) is 2.84. The van der Waals surface area contributed by atoms with E-state index < -0.39 is 0 Å². The molecule has 0 aliphatic carbocycles. The van der Waals surface area contributed by atoms with E-state index in [0.29, 0.717) is 17.4 Å². The molecule has 0 aliphatic rings. The molecule has 0 bridgehead atoms. The van der Waals surface area contributed by atoms with Crippen molar-refractivity contribution in [2.45, 2.75) is 13.3 Å². The van der Waals surface area contributed by atoms with Crippen LogP contribution in [0.5, 0.6) is 5.75 Å². The zero-order valence-corrected chi connectivity index (χ0v) is 11.7. The van der Waals surface area contributed by atoms with Crippen LogP contribution in [-0.4, -0.2) is 23.6 Å². The molecule has 1 heterocycles. The molecule has 0 spiro atoms. The third-order valence-electron chi connectivity index (χ3n) is 2.93. The Morgan fingerprint density at radius 2 is 2.05 bits per heavy atom. The summed E-state index contributed by atoms with van der Waals surface area (Å²) in [6.07, 6.45) is 2.34. The van der Waals surface area contributed by atoms with Gasteiger partial charge in [-0.2, -0.15) is 0 Å². The molecule has 0 radical (unpaired) electrons. The number of aromatic nitrogens is 2. The van der Waals surface area contributed by atoms with Crippen LogP contribution in [0.1, 0.15) is 11.1 Å². The van der Waals surface area contributed by atoms with Gasteiger partial charge in [-0.1, -0.05) is 29.8 Å². The van der Waals surface area contributed by atoms with Gasteiger partial charge in [0.15, 0.2) is 11.6 Å². The zero-order chi connectivity index (χ0) is 14.4. The maximum Gasteiger partial charge on any atom is 0.205 e. The second-order valence-corrected chi connectivity index (χ2v) is 4.41. The number of anilines is 2. The van der Waals surface area contributed by atoms with Gasteiger partial charge in [-0.15, -0.1) is 0 Å². The number of hydrogen-bond donors (Lipinski definition) is 3. The molecule has 0 aliphatic heterocycles. The highest BCUT2D eigenvalue weighted by molar-refractivity contribution is 5.63. The lowest BCUT2D eigenvalue weighted by atomic mass is 10.1. The van der Waals surface area contributed by atoms with Crippen molar-refractivity contribution >= 4 is 11.6 Å². The molecular weight excluding hydrogens is 254 g/mol. The monoisotopic (exact) mass is 273 g/mol. The molecule has 1 aromatic carbocycles. The van der Waals surface area contributed by atoms with Gasteiger partial charge in [0.05, 0.1) is 7.11 Å². The molecule has 2 aromatic rings. The van der Waals surface area contributed by atoms with Gasteiger partial charge in [0.25, 0.3) is 0 Å². The van der Waals surface area contributed by atoms with Gasteiger partial charge in [-0.25, -0.2) is 15.8 Å². The zero-order valence-electron chi connectivity index (χ0n) is 11.7. The molecule has 106 valence electrons. The Balaban J connectivity index is 2.01. The lowest BCUT2D eigenvalue weighted by molar-refractivity contribution is 0.414. The Morgan fingerprint density at radius 3 is 2.75 bits per heavy atom. The number of aryl methyl sites for hydroxylation is 1. The van der Waals surface area contributed by atoms with Crippen molar-refractivity contribution in [3.63, 3.8) is 0 Å². The summed E-state index contributed by atoms with van der Waals surface area (Å²) in [5.74, 6) is 6.98. The quantitative estimate of drug-likeness (QED) is 0.549. The van der Waals surface area contributed by atoms with E-state index in [4.69, 9.17) is 10.6 Å². The van der Waals surface area contributed by atoms with Crippen molar-refractivity contribution in [2.75, 3.05) is 24.4 Å². The second kappa shape index (κ2) is 6.72. The molecule has 0 saturated carbocycles. The van der Waals surface area contributed by atoms with E-state index in [9.17, 15) is 0 Å². The summed E-state index contributed by atoms with van der Waals surface area (Å²) in [5.41, 5.74) is 5.03. The predicted octanol–water partition coefficient (Wildman–Crippen LogP) is 1.73. The first kappa shape index (κ1) is 14.1. The van der Waals surface area contributed by atoms with E-state index in [-0.39, 0.29) is 0 Å². The van der Waals surface area contributed by atoms with Gasteiger partial charge in [0.1, 0.15) is 6.33 Å². The Bertz CT molecular complexity index is 573. The molecule has 20 heavy (non-hydrogen) atoms. The predicted molar refractivity (Wildman–Crippen MR) is 79.8 cm³/mol. The van der Waals surface area contributed by atoms with Crippen LogP contribution in [0.15, 0.2) is 30.6 Å². The second-order valence-electron chi connectivity index (χ2n) is 4.41. The van der Waals surface area contributed by atoms with Gasteiger partial charge in [-0.3, -0.25) is 0 Å². The van der Waals surface area contributed by atoms with Gasteiger partial charge in [0, 0.05) is 6.54 Å². The standard InChI is InChI=1S/C14H19N5O/c1-10-4-3-5-11(8-10)6-7-16-13-12(20-2)14(19-15)18-9-17-13/h3-5,8-9H,6-7,15H2,1-2H3,(H2,16,17,18,19). The van der Waals surface area contributed by atoms with E-state index in [2.05, 4.69) is 51.9 Å². The normalized spacial score (nSPS) is 10.2. The average molecular weight is 273 g/mol. The van der Waals surface area contributed by atoms with Crippen molar-refractivity contribution < 1.29 is 4.74 Å². The smallest absolute Gasteiger partial charge is 0.205 e. The van der Waals surface area contributed by atoms with Crippen LogP contribution in [0, 0.1) is 6.92 Å². The van der Waals surface area contributed by atoms with Crippen molar-refractivity contribution in [3.05, 3.63) is 41.7 Å². The Kier molecular flexibility index (Phi) is 4.73. The first-order valence-electron chi connectivity index (χ1n) is 6.39. The number of nitrogens with zero attached hydrogens (tertiary/aromatic N) is 2. The number of benzene rings is 1. The molecule has 6 heteroatoms. The minimum absolute atomic E-state index is 0.459. The highest BCUT2D eigenvalue weighted by Crippen LogP contribution is 2.27. The van der Waals surface area contributed by atoms with Crippen molar-refractivity contribution in [1.29, 1.82) is 0 Å². The molecule has 0 fully saturated rings. The van der Waals surface area contributed by atoms with Crippen LogP contribution in [0.2, 0.25) is 0 Å². The number of nitrogens with one attached hydrogen (secondary N) is 2. The molecule has 4 N–H and O–H groups in total. The van der Waals surface area contributed by atoms with Crippen LogP contribution >= 0.6 is 0 Å². The lowest BCUT2D eigenvalue weighted by Crippen LogP contribution is -2.13. The van der Waals surface area contributed by atoms with E-state index in [1.807, 2.05) is 0 Å². The van der Waals surface area contributed by atoms with Crippen molar-refractivity contribution in [3.8, 4) is 5.75 Å². The fourth-order valence-electron chi connectivity index (χ4n) is 1.99. The maximum absolute atomic E-state index is 5.38. The number of hydrazine groups is 1. The van der Waals surface area contributed by atoms with Crippen molar-refractivity contribution in [1.82, 2.24) is 9.97 Å². The van der Waals surface area contributed by atoms with Crippen LogP contribution in [-0.2, 0) is 6.42 Å². The van der Waals surface area contributed by atoms with E-state index in [0.717, 1.165) is 13.0 Å². The van der Waals surface area contributed by atoms with Crippen molar-refractivity contribution in [2.24, 2.45) is 5.84 Å². The lowest BCUT2D eigenvalue weighted by Gasteiger charge is -2.12. The summed E-state index contributed by atoms with van der Waals surface area (Å²) in [5, 5.41) is 3.24. The number of nitrogen functional groups attached to an aromatic ring is 1. The number of methoxy groups -OCH3 is 1. The fraction of sp³-hybridized carbons (Fsp3) is 0.286.